The number of nitrogens with one attached hydrogen (secondary N) is 1. The minimum absolute atomic E-state index is 0.128. The van der Waals surface area contributed by atoms with Crippen molar-refractivity contribution in [3.8, 4) is 0 Å². The second-order valence-electron chi connectivity index (χ2n) is 4.47. The van der Waals surface area contributed by atoms with Gasteiger partial charge in [-0.2, -0.15) is 0 Å². The number of sulfonamides is 1. The van der Waals surface area contributed by atoms with Gasteiger partial charge in [0.25, 0.3) is 0 Å². The Morgan fingerprint density at radius 3 is 2.62 bits per heavy atom. The van der Waals surface area contributed by atoms with Gasteiger partial charge in [0.2, 0.25) is 10.0 Å². The molecule has 5 nitrogen and oxygen atoms in total. The molecule has 0 radical (unpaired) electrons. The molecule has 0 aliphatic rings. The first-order valence-corrected chi connectivity index (χ1v) is 8.06. The maximum atomic E-state index is 11.8. The van der Waals surface area contributed by atoms with Crippen molar-refractivity contribution in [2.24, 2.45) is 0 Å². The molecule has 6 heteroatoms. The first kappa shape index (κ1) is 15.5. The number of hydrogen-bond donors (Lipinski definition) is 2. The summed E-state index contributed by atoms with van der Waals surface area (Å²) in [6.45, 7) is 0.128. The van der Waals surface area contributed by atoms with Gasteiger partial charge in [0, 0.05) is 12.0 Å². The molecular formula is C15H17NO4S. The van der Waals surface area contributed by atoms with Crippen LogP contribution in [0.15, 0.2) is 58.6 Å². The van der Waals surface area contributed by atoms with Gasteiger partial charge in [-0.1, -0.05) is 30.3 Å². The molecule has 2 rings (SSSR count). The summed E-state index contributed by atoms with van der Waals surface area (Å²) >= 11 is 0. The van der Waals surface area contributed by atoms with Crippen molar-refractivity contribution in [1.82, 2.24) is 4.72 Å². The van der Waals surface area contributed by atoms with Crippen molar-refractivity contribution >= 4 is 16.1 Å². The summed E-state index contributed by atoms with van der Waals surface area (Å²) in [5.74, 6) is 0.425. The molecule has 1 atom stereocenters. The van der Waals surface area contributed by atoms with Crippen LogP contribution in [0.25, 0.3) is 6.08 Å². The Balaban J connectivity index is 1.83. The molecule has 2 aromatic rings. The highest BCUT2D eigenvalue weighted by molar-refractivity contribution is 7.92. The lowest BCUT2D eigenvalue weighted by Gasteiger charge is -2.07. The van der Waals surface area contributed by atoms with E-state index >= 15 is 0 Å². The molecule has 0 saturated heterocycles. The lowest BCUT2D eigenvalue weighted by Crippen LogP contribution is -2.23. The van der Waals surface area contributed by atoms with Crippen LogP contribution in [-0.4, -0.2) is 20.1 Å². The molecule has 0 saturated carbocycles. The Hall–Kier alpha value is -1.89. The number of aliphatic hydroxyl groups excluding tert-OH is 1. The van der Waals surface area contributed by atoms with Gasteiger partial charge in [-0.25, -0.2) is 13.1 Å². The minimum Gasteiger partial charge on any atom is -0.467 e. The molecular weight excluding hydrogens is 290 g/mol. The number of furan rings is 1. The topological polar surface area (TPSA) is 79.5 Å². The van der Waals surface area contributed by atoms with E-state index in [2.05, 4.69) is 4.72 Å². The highest BCUT2D eigenvalue weighted by atomic mass is 32.2. The van der Waals surface area contributed by atoms with E-state index in [0.717, 1.165) is 11.0 Å². The van der Waals surface area contributed by atoms with Crippen LogP contribution in [0.5, 0.6) is 0 Å². The highest BCUT2D eigenvalue weighted by Gasteiger charge is 2.11. The van der Waals surface area contributed by atoms with E-state index in [-0.39, 0.29) is 13.0 Å². The number of hydrogen-bond acceptors (Lipinski definition) is 4. The molecule has 2 N–H and O–H groups in total. The number of rotatable bonds is 7. The van der Waals surface area contributed by atoms with E-state index in [1.165, 1.54) is 12.3 Å². The molecule has 0 bridgehead atoms. The first-order valence-electron chi connectivity index (χ1n) is 6.51. The van der Waals surface area contributed by atoms with Crippen LogP contribution < -0.4 is 4.72 Å². The zero-order chi connectivity index (χ0) is 15.1. The quantitative estimate of drug-likeness (QED) is 0.822. The SMILES string of the molecule is O=S(=O)(/C=C/c1ccccc1)NCC[C@H](O)c1ccco1. The van der Waals surface area contributed by atoms with Gasteiger partial charge < -0.3 is 9.52 Å². The molecule has 0 aliphatic heterocycles. The molecule has 0 fully saturated rings. The third-order valence-corrected chi connectivity index (χ3v) is 3.93. The Labute approximate surface area is 124 Å². The normalized spacial score (nSPS) is 13.6. The van der Waals surface area contributed by atoms with Gasteiger partial charge >= 0.3 is 0 Å². The maximum Gasteiger partial charge on any atom is 0.233 e. The molecule has 0 unspecified atom stereocenters. The second-order valence-corrected chi connectivity index (χ2v) is 6.12. The van der Waals surface area contributed by atoms with Crippen LogP contribution in [0.2, 0.25) is 0 Å². The third kappa shape index (κ3) is 5.18. The van der Waals surface area contributed by atoms with Crippen molar-refractivity contribution in [3.63, 3.8) is 0 Å². The summed E-state index contributed by atoms with van der Waals surface area (Å²) in [7, 11) is -3.52. The van der Waals surface area contributed by atoms with E-state index in [0.29, 0.717) is 5.76 Å². The summed E-state index contributed by atoms with van der Waals surface area (Å²) in [4.78, 5) is 0. The van der Waals surface area contributed by atoms with Gasteiger partial charge in [-0.05, 0) is 30.2 Å². The Morgan fingerprint density at radius 2 is 1.95 bits per heavy atom. The summed E-state index contributed by atoms with van der Waals surface area (Å²) in [5, 5.41) is 10.9. The van der Waals surface area contributed by atoms with Gasteiger partial charge in [-0.15, -0.1) is 0 Å². The zero-order valence-corrected chi connectivity index (χ0v) is 12.2. The lowest BCUT2D eigenvalue weighted by atomic mass is 10.2. The molecule has 0 amide bonds. The highest BCUT2D eigenvalue weighted by Crippen LogP contribution is 2.16. The van der Waals surface area contributed by atoms with Crippen molar-refractivity contribution in [1.29, 1.82) is 0 Å². The number of benzene rings is 1. The number of aliphatic hydroxyl groups is 1. The standard InChI is InChI=1S/C15H17NO4S/c17-14(15-7-4-11-20-15)8-10-16-21(18,19)12-9-13-5-2-1-3-6-13/h1-7,9,11-12,14,16-17H,8,10H2/b12-9+/t14-/m0/s1. The van der Waals surface area contributed by atoms with Crippen LogP contribution in [-0.2, 0) is 10.0 Å². The molecule has 112 valence electrons. The fourth-order valence-corrected chi connectivity index (χ4v) is 2.58. The van der Waals surface area contributed by atoms with E-state index in [1.807, 2.05) is 30.3 Å². The van der Waals surface area contributed by atoms with E-state index in [1.54, 1.807) is 12.1 Å². The van der Waals surface area contributed by atoms with Crippen molar-refractivity contribution in [2.45, 2.75) is 12.5 Å². The average molecular weight is 307 g/mol. The van der Waals surface area contributed by atoms with Crippen molar-refractivity contribution < 1.29 is 17.9 Å². The summed E-state index contributed by atoms with van der Waals surface area (Å²) in [6.07, 6.45) is 2.41. The van der Waals surface area contributed by atoms with Gasteiger partial charge in [0.1, 0.15) is 11.9 Å². The largest absolute Gasteiger partial charge is 0.467 e. The first-order chi connectivity index (χ1) is 10.1. The van der Waals surface area contributed by atoms with Crippen LogP contribution in [0.1, 0.15) is 23.8 Å². The second kappa shape index (κ2) is 7.21. The maximum absolute atomic E-state index is 11.8. The van der Waals surface area contributed by atoms with E-state index < -0.39 is 16.1 Å². The van der Waals surface area contributed by atoms with Gasteiger partial charge in [-0.3, -0.25) is 0 Å². The zero-order valence-electron chi connectivity index (χ0n) is 11.3. The Kier molecular flexibility index (Phi) is 5.32. The predicted molar refractivity (Wildman–Crippen MR) is 80.7 cm³/mol. The summed E-state index contributed by atoms with van der Waals surface area (Å²) < 4.78 is 31.0. The van der Waals surface area contributed by atoms with Gasteiger partial charge in [0.15, 0.2) is 0 Å². The Bertz CT molecular complexity index is 663. The molecule has 0 spiro atoms. The van der Waals surface area contributed by atoms with E-state index in [4.69, 9.17) is 4.42 Å². The van der Waals surface area contributed by atoms with Crippen LogP contribution in [0, 0.1) is 0 Å². The smallest absolute Gasteiger partial charge is 0.233 e. The lowest BCUT2D eigenvalue weighted by molar-refractivity contribution is 0.142. The molecule has 1 aromatic carbocycles. The van der Waals surface area contributed by atoms with Crippen LogP contribution in [0.4, 0.5) is 0 Å². The summed E-state index contributed by atoms with van der Waals surface area (Å²) in [5.41, 5.74) is 0.804. The fourth-order valence-electron chi connectivity index (χ4n) is 1.74. The van der Waals surface area contributed by atoms with Crippen molar-refractivity contribution in [3.05, 3.63) is 65.5 Å². The fraction of sp³-hybridized carbons (Fsp3) is 0.200. The monoisotopic (exact) mass is 307 g/mol. The average Bonchev–Trinajstić information content (AvgIpc) is 3.00. The molecule has 1 heterocycles. The molecule has 0 aliphatic carbocycles. The molecule has 21 heavy (non-hydrogen) atoms. The third-order valence-electron chi connectivity index (χ3n) is 2.83. The predicted octanol–water partition coefficient (Wildman–Crippen LogP) is 2.29. The van der Waals surface area contributed by atoms with Crippen LogP contribution >= 0.6 is 0 Å². The Morgan fingerprint density at radius 1 is 1.19 bits per heavy atom. The van der Waals surface area contributed by atoms with Crippen LogP contribution in [0.3, 0.4) is 0 Å². The minimum atomic E-state index is -3.52. The van der Waals surface area contributed by atoms with Crippen molar-refractivity contribution in [2.75, 3.05) is 6.54 Å². The van der Waals surface area contributed by atoms with Gasteiger partial charge in [0.05, 0.1) is 6.26 Å². The summed E-state index contributed by atoms with van der Waals surface area (Å²) in [6, 6.07) is 12.5. The molecule has 1 aromatic heterocycles. The van der Waals surface area contributed by atoms with E-state index in [9.17, 15) is 13.5 Å².